The summed E-state index contributed by atoms with van der Waals surface area (Å²) in [5.74, 6) is 2.27. The SMILES string of the molecule is Cc1nnc2n1CCN(C(=O)C1CC3(CCNCC3)CN1C)CC2.Cl.Cl. The number of likely N-dealkylation sites (tertiary alicyclic amines) is 1. The van der Waals surface area contributed by atoms with Crippen molar-refractivity contribution in [1.29, 1.82) is 0 Å². The lowest BCUT2D eigenvalue weighted by atomic mass is 9.77. The Labute approximate surface area is 167 Å². The molecular weight excluding hydrogens is 375 g/mol. The molecule has 7 nitrogen and oxygen atoms in total. The van der Waals surface area contributed by atoms with Crippen LogP contribution >= 0.6 is 24.8 Å². The van der Waals surface area contributed by atoms with E-state index in [1.165, 1.54) is 12.8 Å². The third kappa shape index (κ3) is 3.86. The minimum absolute atomic E-state index is 0. The van der Waals surface area contributed by atoms with Gasteiger partial charge in [0.05, 0.1) is 6.04 Å². The van der Waals surface area contributed by atoms with Crippen LogP contribution in [0.1, 0.15) is 30.9 Å². The monoisotopic (exact) mass is 404 g/mol. The van der Waals surface area contributed by atoms with Crippen molar-refractivity contribution in [3.8, 4) is 0 Å². The predicted molar refractivity (Wildman–Crippen MR) is 105 cm³/mol. The van der Waals surface area contributed by atoms with Crippen molar-refractivity contribution in [2.45, 2.75) is 45.2 Å². The van der Waals surface area contributed by atoms with Gasteiger partial charge in [-0.1, -0.05) is 0 Å². The molecule has 148 valence electrons. The molecule has 1 spiro atoms. The molecule has 9 heteroatoms. The van der Waals surface area contributed by atoms with Crippen LogP contribution < -0.4 is 5.32 Å². The molecule has 0 radical (unpaired) electrons. The van der Waals surface area contributed by atoms with E-state index in [9.17, 15) is 4.79 Å². The van der Waals surface area contributed by atoms with Crippen LogP contribution in [0.2, 0.25) is 0 Å². The number of nitrogens with zero attached hydrogens (tertiary/aromatic N) is 5. The van der Waals surface area contributed by atoms with Crippen molar-refractivity contribution in [2.75, 3.05) is 39.8 Å². The van der Waals surface area contributed by atoms with Gasteiger partial charge in [0.2, 0.25) is 5.91 Å². The molecule has 2 saturated heterocycles. The quantitative estimate of drug-likeness (QED) is 0.752. The molecule has 1 aromatic heterocycles. The minimum Gasteiger partial charge on any atom is -0.339 e. The maximum Gasteiger partial charge on any atom is 0.240 e. The van der Waals surface area contributed by atoms with Gasteiger partial charge in [0.1, 0.15) is 11.6 Å². The van der Waals surface area contributed by atoms with Crippen LogP contribution in [0.25, 0.3) is 0 Å². The van der Waals surface area contributed by atoms with E-state index in [1.54, 1.807) is 0 Å². The second-order valence-electron chi connectivity index (χ2n) is 7.78. The second kappa shape index (κ2) is 8.42. The van der Waals surface area contributed by atoms with Crippen molar-refractivity contribution < 1.29 is 4.79 Å². The Balaban J connectivity index is 0.00000121. The first-order valence-corrected chi connectivity index (χ1v) is 9.16. The smallest absolute Gasteiger partial charge is 0.240 e. The fraction of sp³-hybridized carbons (Fsp3) is 0.824. The maximum absolute atomic E-state index is 13.2. The summed E-state index contributed by atoms with van der Waals surface area (Å²) in [5, 5.41) is 11.8. The predicted octanol–water partition coefficient (Wildman–Crippen LogP) is 0.889. The van der Waals surface area contributed by atoms with E-state index in [2.05, 4.69) is 36.9 Å². The molecule has 1 aromatic rings. The highest BCUT2D eigenvalue weighted by Crippen LogP contribution is 2.41. The average Bonchev–Trinajstić information content (AvgIpc) is 2.99. The van der Waals surface area contributed by atoms with Gasteiger partial charge in [-0.2, -0.15) is 0 Å². The number of aryl methyl sites for hydroxylation is 1. The first-order valence-electron chi connectivity index (χ1n) is 9.16. The van der Waals surface area contributed by atoms with E-state index in [1.807, 2.05) is 6.92 Å². The summed E-state index contributed by atoms with van der Waals surface area (Å²) in [6.07, 6.45) is 4.21. The lowest BCUT2D eigenvalue weighted by Gasteiger charge is -2.33. The summed E-state index contributed by atoms with van der Waals surface area (Å²) >= 11 is 0. The van der Waals surface area contributed by atoms with E-state index >= 15 is 0 Å². The first kappa shape index (κ1) is 21.4. The summed E-state index contributed by atoms with van der Waals surface area (Å²) in [5.41, 5.74) is 0.347. The van der Waals surface area contributed by atoms with Crippen LogP contribution in [0, 0.1) is 12.3 Å². The van der Waals surface area contributed by atoms with Crippen molar-refractivity contribution >= 4 is 30.7 Å². The van der Waals surface area contributed by atoms with E-state index in [0.717, 1.165) is 63.8 Å². The number of fused-ring (bicyclic) bond motifs is 1. The molecule has 0 bridgehead atoms. The minimum atomic E-state index is 0. The van der Waals surface area contributed by atoms with Gasteiger partial charge < -0.3 is 14.8 Å². The van der Waals surface area contributed by atoms with E-state index in [-0.39, 0.29) is 30.9 Å². The van der Waals surface area contributed by atoms with Gasteiger partial charge in [-0.05, 0) is 51.7 Å². The number of piperidine rings is 1. The van der Waals surface area contributed by atoms with Gasteiger partial charge in [-0.25, -0.2) is 0 Å². The highest BCUT2D eigenvalue weighted by Gasteiger charge is 2.46. The molecule has 1 N–H and O–H groups in total. The van der Waals surface area contributed by atoms with Crippen LogP contribution in [0.4, 0.5) is 0 Å². The average molecular weight is 405 g/mol. The molecule has 3 aliphatic heterocycles. The summed E-state index contributed by atoms with van der Waals surface area (Å²) in [7, 11) is 2.12. The van der Waals surface area contributed by atoms with Gasteiger partial charge in [-0.15, -0.1) is 35.0 Å². The highest BCUT2D eigenvalue weighted by molar-refractivity contribution is 5.85. The molecule has 0 aromatic carbocycles. The Kier molecular flexibility index (Phi) is 6.93. The largest absolute Gasteiger partial charge is 0.339 e. The van der Waals surface area contributed by atoms with Crippen LogP contribution in [0.15, 0.2) is 0 Å². The summed E-state index contributed by atoms with van der Waals surface area (Å²) in [6.45, 7) is 7.56. The molecule has 26 heavy (non-hydrogen) atoms. The van der Waals surface area contributed by atoms with Crippen LogP contribution in [0.5, 0.6) is 0 Å². The molecular formula is C17H30Cl2N6O. The fourth-order valence-electron chi connectivity index (χ4n) is 4.76. The third-order valence-corrected chi connectivity index (χ3v) is 6.22. The van der Waals surface area contributed by atoms with E-state index < -0.39 is 0 Å². The Hall–Kier alpha value is -0.890. The van der Waals surface area contributed by atoms with E-state index in [4.69, 9.17) is 0 Å². The molecule has 1 atom stereocenters. The number of halogens is 2. The second-order valence-corrected chi connectivity index (χ2v) is 7.78. The zero-order valence-electron chi connectivity index (χ0n) is 15.6. The van der Waals surface area contributed by atoms with Crippen molar-refractivity contribution in [2.24, 2.45) is 5.41 Å². The number of rotatable bonds is 1. The molecule has 0 aliphatic carbocycles. The van der Waals surface area contributed by atoms with Gasteiger partial charge in [0.15, 0.2) is 0 Å². The number of likely N-dealkylation sites (N-methyl/N-ethyl adjacent to an activating group) is 1. The van der Waals surface area contributed by atoms with E-state index in [0.29, 0.717) is 11.3 Å². The molecule has 3 aliphatic rings. The van der Waals surface area contributed by atoms with Crippen LogP contribution in [0.3, 0.4) is 0 Å². The first-order chi connectivity index (χ1) is 11.6. The lowest BCUT2D eigenvalue weighted by Crippen LogP contribution is -2.45. The van der Waals surface area contributed by atoms with Gasteiger partial charge in [0.25, 0.3) is 0 Å². The molecule has 1 amide bonds. The zero-order valence-corrected chi connectivity index (χ0v) is 17.2. The van der Waals surface area contributed by atoms with Crippen molar-refractivity contribution in [1.82, 2.24) is 29.9 Å². The summed E-state index contributed by atoms with van der Waals surface area (Å²) in [6, 6.07) is 0.0488. The standard InChI is InChI=1S/C17H28N6O.2ClH/c1-13-19-20-15-3-8-22(9-10-23(13)15)16(24)14-11-17(12-21(14)2)4-6-18-7-5-17;;/h14,18H,3-12H2,1-2H3;2*1H. The normalized spacial score (nSPS) is 25.2. The number of aromatic nitrogens is 3. The topological polar surface area (TPSA) is 66.3 Å². The molecule has 1 unspecified atom stereocenters. The molecule has 4 rings (SSSR count). The summed E-state index contributed by atoms with van der Waals surface area (Å²) < 4.78 is 2.15. The van der Waals surface area contributed by atoms with Crippen LogP contribution in [-0.4, -0.2) is 76.3 Å². The Bertz CT molecular complexity index is 631. The third-order valence-electron chi connectivity index (χ3n) is 6.22. The van der Waals surface area contributed by atoms with Gasteiger partial charge in [0, 0.05) is 32.6 Å². The number of carbonyl (C=O) groups is 1. The highest BCUT2D eigenvalue weighted by atomic mass is 35.5. The Morgan fingerprint density at radius 1 is 1.15 bits per heavy atom. The number of hydrogen-bond donors (Lipinski definition) is 1. The number of hydrogen-bond acceptors (Lipinski definition) is 5. The number of nitrogens with one attached hydrogen (secondary N) is 1. The maximum atomic E-state index is 13.2. The van der Waals surface area contributed by atoms with Gasteiger partial charge in [-0.3, -0.25) is 9.69 Å². The van der Waals surface area contributed by atoms with Crippen LogP contribution in [-0.2, 0) is 17.8 Å². The zero-order chi connectivity index (χ0) is 16.7. The molecule has 2 fully saturated rings. The summed E-state index contributed by atoms with van der Waals surface area (Å²) in [4.78, 5) is 17.5. The molecule has 4 heterocycles. The van der Waals surface area contributed by atoms with Crippen molar-refractivity contribution in [3.63, 3.8) is 0 Å². The molecule has 0 saturated carbocycles. The van der Waals surface area contributed by atoms with Gasteiger partial charge >= 0.3 is 0 Å². The number of amides is 1. The Morgan fingerprint density at radius 3 is 2.62 bits per heavy atom. The fourth-order valence-corrected chi connectivity index (χ4v) is 4.76. The Morgan fingerprint density at radius 2 is 1.88 bits per heavy atom. The van der Waals surface area contributed by atoms with Crippen molar-refractivity contribution in [3.05, 3.63) is 11.6 Å². The lowest BCUT2D eigenvalue weighted by molar-refractivity contribution is -0.135. The number of carbonyl (C=O) groups excluding carboxylic acids is 1.